The molecule has 1 aliphatic carbocycles. The molecule has 1 saturated carbocycles. The molecule has 0 aromatic carbocycles. The minimum absolute atomic E-state index is 0.312. The SMILES string of the molecule is COC(=O)c1sc(NC(=S)NC2CCCCCCCCCCC2)c(C(=O)OC)c1C. The van der Waals surface area contributed by atoms with Gasteiger partial charge in [0.1, 0.15) is 9.88 Å². The van der Waals surface area contributed by atoms with Gasteiger partial charge in [-0.15, -0.1) is 11.3 Å². The number of rotatable bonds is 4. The van der Waals surface area contributed by atoms with Gasteiger partial charge in [-0.2, -0.15) is 0 Å². The van der Waals surface area contributed by atoms with Crippen molar-refractivity contribution in [3.05, 3.63) is 16.0 Å². The van der Waals surface area contributed by atoms with Gasteiger partial charge in [0.05, 0.1) is 19.8 Å². The van der Waals surface area contributed by atoms with Gasteiger partial charge in [0, 0.05) is 6.04 Å². The zero-order valence-corrected chi connectivity index (χ0v) is 19.9. The standard InChI is InChI=1S/C22H34N2O4S2/c1-15-17(20(25)27-2)19(30-18(15)21(26)28-3)24-22(29)23-16-13-11-9-7-5-4-6-8-10-12-14-16/h16H,4-14H2,1-3H3,(H2,23,24,29). The second-order valence-corrected chi connectivity index (χ2v) is 9.23. The van der Waals surface area contributed by atoms with Gasteiger partial charge in [-0.05, 0) is 37.5 Å². The van der Waals surface area contributed by atoms with Crippen LogP contribution < -0.4 is 10.6 Å². The van der Waals surface area contributed by atoms with E-state index in [0.717, 1.165) is 24.2 Å². The summed E-state index contributed by atoms with van der Waals surface area (Å²) in [6.07, 6.45) is 13.7. The molecule has 0 radical (unpaired) electrons. The van der Waals surface area contributed by atoms with Crippen molar-refractivity contribution in [1.82, 2.24) is 5.32 Å². The molecule has 1 aromatic rings. The van der Waals surface area contributed by atoms with Crippen LogP contribution in [-0.2, 0) is 9.47 Å². The molecule has 0 unspecified atom stereocenters. The molecular weight excluding hydrogens is 420 g/mol. The normalized spacial score (nSPS) is 16.6. The first-order valence-corrected chi connectivity index (χ1v) is 12.1. The lowest BCUT2D eigenvalue weighted by Gasteiger charge is -2.21. The Hall–Kier alpha value is -1.67. The number of carbonyl (C=O) groups is 2. The first-order chi connectivity index (χ1) is 14.5. The molecule has 0 aliphatic heterocycles. The lowest BCUT2D eigenvalue weighted by molar-refractivity contribution is 0.0601. The minimum atomic E-state index is -0.504. The maximum Gasteiger partial charge on any atom is 0.348 e. The fraction of sp³-hybridized carbons (Fsp3) is 0.682. The molecule has 0 amide bonds. The molecule has 0 saturated heterocycles. The average molecular weight is 455 g/mol. The Bertz CT molecular complexity index is 721. The van der Waals surface area contributed by atoms with Crippen molar-refractivity contribution in [3.63, 3.8) is 0 Å². The van der Waals surface area contributed by atoms with Gasteiger partial charge in [-0.3, -0.25) is 0 Å². The maximum absolute atomic E-state index is 12.3. The molecule has 0 atom stereocenters. The van der Waals surface area contributed by atoms with Crippen LogP contribution in [0.15, 0.2) is 0 Å². The summed E-state index contributed by atoms with van der Waals surface area (Å²) in [6, 6.07) is 0.312. The number of nitrogens with one attached hydrogen (secondary N) is 2. The molecule has 2 N–H and O–H groups in total. The van der Waals surface area contributed by atoms with Gasteiger partial charge in [-0.1, -0.05) is 57.8 Å². The fourth-order valence-electron chi connectivity index (χ4n) is 3.87. The molecule has 1 heterocycles. The smallest absolute Gasteiger partial charge is 0.348 e. The fourth-order valence-corrected chi connectivity index (χ4v) is 5.32. The molecule has 6 nitrogen and oxygen atoms in total. The lowest BCUT2D eigenvalue weighted by atomic mass is 9.98. The number of hydrogen-bond donors (Lipinski definition) is 2. The quantitative estimate of drug-likeness (QED) is 0.454. The molecule has 1 aliphatic rings. The summed E-state index contributed by atoms with van der Waals surface area (Å²) in [7, 11) is 2.64. The molecule has 1 fully saturated rings. The molecule has 1 aromatic heterocycles. The van der Waals surface area contributed by atoms with E-state index in [1.54, 1.807) is 6.92 Å². The van der Waals surface area contributed by atoms with Crippen molar-refractivity contribution in [2.45, 2.75) is 83.6 Å². The Morgan fingerprint density at radius 3 is 1.90 bits per heavy atom. The third-order valence-electron chi connectivity index (χ3n) is 5.57. The third kappa shape index (κ3) is 7.23. The summed E-state index contributed by atoms with van der Waals surface area (Å²) in [5.74, 6) is -0.982. The van der Waals surface area contributed by atoms with Crippen LogP contribution >= 0.6 is 23.6 Å². The Kier molecular flexibility index (Phi) is 10.6. The van der Waals surface area contributed by atoms with E-state index in [4.69, 9.17) is 21.7 Å². The van der Waals surface area contributed by atoms with E-state index in [9.17, 15) is 9.59 Å². The van der Waals surface area contributed by atoms with Crippen LogP contribution in [0.1, 0.15) is 96.2 Å². The molecule has 2 rings (SSSR count). The number of methoxy groups -OCH3 is 2. The zero-order valence-electron chi connectivity index (χ0n) is 18.3. The Labute approximate surface area is 189 Å². The molecule has 0 bridgehead atoms. The van der Waals surface area contributed by atoms with Gasteiger partial charge in [0.15, 0.2) is 5.11 Å². The Morgan fingerprint density at radius 2 is 1.40 bits per heavy atom. The lowest BCUT2D eigenvalue weighted by Crippen LogP contribution is -2.38. The predicted octanol–water partition coefficient (Wildman–Crippen LogP) is 5.59. The highest BCUT2D eigenvalue weighted by molar-refractivity contribution is 7.80. The van der Waals surface area contributed by atoms with Crippen molar-refractivity contribution in [1.29, 1.82) is 0 Å². The number of esters is 2. The molecule has 30 heavy (non-hydrogen) atoms. The van der Waals surface area contributed by atoms with E-state index in [1.807, 2.05) is 0 Å². The number of ether oxygens (including phenoxy) is 2. The molecule has 168 valence electrons. The summed E-state index contributed by atoms with van der Waals surface area (Å²) in [5.41, 5.74) is 0.862. The second-order valence-electron chi connectivity index (χ2n) is 7.80. The minimum Gasteiger partial charge on any atom is -0.465 e. The first kappa shape index (κ1) is 24.6. The summed E-state index contributed by atoms with van der Waals surface area (Å²) >= 11 is 6.71. The molecule has 8 heteroatoms. The van der Waals surface area contributed by atoms with Crippen LogP contribution in [0.2, 0.25) is 0 Å². The van der Waals surface area contributed by atoms with Crippen LogP contribution in [0.25, 0.3) is 0 Å². The van der Waals surface area contributed by atoms with E-state index in [1.165, 1.54) is 72.0 Å². The van der Waals surface area contributed by atoms with Crippen molar-refractivity contribution in [2.24, 2.45) is 0 Å². The summed E-state index contributed by atoms with van der Waals surface area (Å²) < 4.78 is 9.74. The van der Waals surface area contributed by atoms with Crippen LogP contribution in [-0.4, -0.2) is 37.3 Å². The summed E-state index contributed by atoms with van der Waals surface area (Å²) in [4.78, 5) is 24.7. The number of hydrogen-bond acceptors (Lipinski definition) is 6. The molecular formula is C22H34N2O4S2. The second kappa shape index (κ2) is 12.9. The van der Waals surface area contributed by atoms with Crippen LogP contribution in [0, 0.1) is 6.92 Å². The number of thiocarbonyl (C=S) groups is 1. The number of carbonyl (C=O) groups excluding carboxylic acids is 2. The topological polar surface area (TPSA) is 76.7 Å². The largest absolute Gasteiger partial charge is 0.465 e. The van der Waals surface area contributed by atoms with Gasteiger partial charge >= 0.3 is 11.9 Å². The summed E-state index contributed by atoms with van der Waals surface area (Å²) in [5, 5.41) is 7.54. The van der Waals surface area contributed by atoms with Crippen LogP contribution in [0.4, 0.5) is 5.00 Å². The van der Waals surface area contributed by atoms with Gasteiger partial charge in [-0.25, -0.2) is 9.59 Å². The van der Waals surface area contributed by atoms with Gasteiger partial charge in [0.25, 0.3) is 0 Å². The van der Waals surface area contributed by atoms with Crippen molar-refractivity contribution in [2.75, 3.05) is 19.5 Å². The van der Waals surface area contributed by atoms with Crippen LogP contribution in [0.5, 0.6) is 0 Å². The highest BCUT2D eigenvalue weighted by atomic mass is 32.1. The molecule has 0 spiro atoms. The highest BCUT2D eigenvalue weighted by Crippen LogP contribution is 2.34. The maximum atomic E-state index is 12.3. The van der Waals surface area contributed by atoms with E-state index >= 15 is 0 Å². The van der Waals surface area contributed by atoms with E-state index in [-0.39, 0.29) is 0 Å². The first-order valence-electron chi connectivity index (χ1n) is 10.9. The zero-order chi connectivity index (χ0) is 21.9. The van der Waals surface area contributed by atoms with E-state index in [0.29, 0.717) is 32.2 Å². The van der Waals surface area contributed by atoms with Gasteiger partial charge in [0.2, 0.25) is 0 Å². The Morgan fingerprint density at radius 1 is 0.900 bits per heavy atom. The third-order valence-corrected chi connectivity index (χ3v) is 6.98. The van der Waals surface area contributed by atoms with Crippen molar-refractivity contribution >= 4 is 45.6 Å². The predicted molar refractivity (Wildman–Crippen MR) is 126 cm³/mol. The van der Waals surface area contributed by atoms with Gasteiger partial charge < -0.3 is 20.1 Å². The highest BCUT2D eigenvalue weighted by Gasteiger charge is 2.26. The van der Waals surface area contributed by atoms with Crippen LogP contribution in [0.3, 0.4) is 0 Å². The van der Waals surface area contributed by atoms with E-state index < -0.39 is 11.9 Å². The average Bonchev–Trinajstić information content (AvgIpc) is 3.04. The van der Waals surface area contributed by atoms with Crippen molar-refractivity contribution < 1.29 is 19.1 Å². The van der Waals surface area contributed by atoms with Crippen molar-refractivity contribution in [3.8, 4) is 0 Å². The monoisotopic (exact) mass is 454 g/mol. The van der Waals surface area contributed by atoms with E-state index in [2.05, 4.69) is 10.6 Å². The Balaban J connectivity index is 2.07. The number of thiophene rings is 1. The number of anilines is 1. The summed E-state index contributed by atoms with van der Waals surface area (Å²) in [6.45, 7) is 1.71.